The lowest BCUT2D eigenvalue weighted by molar-refractivity contribution is -0.137. The minimum absolute atomic E-state index is 0.0643. The molecule has 1 unspecified atom stereocenters. The molecule has 0 aromatic heterocycles. The van der Waals surface area contributed by atoms with Gasteiger partial charge in [0.25, 0.3) is 5.91 Å². The van der Waals surface area contributed by atoms with E-state index in [0.29, 0.717) is 30.3 Å². The SMILES string of the molecule is O=C(c1ccc(F)c(F)c1)N1CCN(C(=O)C2CC(=O)N(c3ccc4c(c3)OCO4)C2)CC1. The van der Waals surface area contributed by atoms with E-state index in [-0.39, 0.29) is 50.2 Å². The predicted octanol–water partition coefficient (Wildman–Crippen LogP) is 2.03. The second-order valence-electron chi connectivity index (χ2n) is 8.19. The molecule has 2 saturated heterocycles. The van der Waals surface area contributed by atoms with Crippen LogP contribution in [0.25, 0.3) is 0 Å². The number of carbonyl (C=O) groups excluding carboxylic acids is 3. The van der Waals surface area contributed by atoms with E-state index in [1.54, 1.807) is 28.0 Å². The van der Waals surface area contributed by atoms with Gasteiger partial charge in [-0.1, -0.05) is 0 Å². The van der Waals surface area contributed by atoms with E-state index >= 15 is 0 Å². The van der Waals surface area contributed by atoms with Crippen LogP contribution >= 0.6 is 0 Å². The van der Waals surface area contributed by atoms with Gasteiger partial charge in [-0.2, -0.15) is 0 Å². The summed E-state index contributed by atoms with van der Waals surface area (Å²) < 4.78 is 37.3. The van der Waals surface area contributed by atoms with Crippen molar-refractivity contribution in [2.45, 2.75) is 6.42 Å². The monoisotopic (exact) mass is 457 g/mol. The molecular formula is C23H21F2N3O5. The Bertz CT molecular complexity index is 1130. The molecule has 2 fully saturated rings. The number of hydrogen-bond acceptors (Lipinski definition) is 5. The van der Waals surface area contributed by atoms with Crippen molar-refractivity contribution >= 4 is 23.4 Å². The van der Waals surface area contributed by atoms with Gasteiger partial charge in [0.05, 0.1) is 5.92 Å². The van der Waals surface area contributed by atoms with E-state index in [1.807, 2.05) is 0 Å². The van der Waals surface area contributed by atoms with Crippen molar-refractivity contribution < 1.29 is 32.6 Å². The summed E-state index contributed by atoms with van der Waals surface area (Å²) in [6.07, 6.45) is 0.112. The zero-order valence-electron chi connectivity index (χ0n) is 17.6. The molecule has 10 heteroatoms. The summed E-state index contributed by atoms with van der Waals surface area (Å²) in [5.74, 6) is -2.06. The first kappa shape index (κ1) is 21.2. The zero-order chi connectivity index (χ0) is 23.1. The molecule has 3 heterocycles. The minimum atomic E-state index is -1.08. The van der Waals surface area contributed by atoms with Crippen LogP contribution in [-0.4, -0.2) is 67.0 Å². The van der Waals surface area contributed by atoms with Gasteiger partial charge in [0.1, 0.15) is 0 Å². The van der Waals surface area contributed by atoms with Crippen LogP contribution in [0, 0.1) is 17.6 Å². The molecular weight excluding hydrogens is 436 g/mol. The van der Waals surface area contributed by atoms with Crippen LogP contribution in [0.2, 0.25) is 0 Å². The normalized spacial score (nSPS) is 19.9. The number of benzene rings is 2. The van der Waals surface area contributed by atoms with Gasteiger partial charge in [-0.05, 0) is 30.3 Å². The van der Waals surface area contributed by atoms with Crippen molar-refractivity contribution in [3.8, 4) is 11.5 Å². The van der Waals surface area contributed by atoms with Crippen LogP contribution in [-0.2, 0) is 9.59 Å². The number of piperazine rings is 1. The molecule has 1 atom stereocenters. The first-order valence-electron chi connectivity index (χ1n) is 10.6. The van der Waals surface area contributed by atoms with Gasteiger partial charge >= 0.3 is 0 Å². The molecule has 0 aliphatic carbocycles. The van der Waals surface area contributed by atoms with E-state index < -0.39 is 23.5 Å². The third-order valence-electron chi connectivity index (χ3n) is 6.19. The number of fused-ring (bicyclic) bond motifs is 1. The van der Waals surface area contributed by atoms with Gasteiger partial charge in [-0.25, -0.2) is 8.78 Å². The van der Waals surface area contributed by atoms with Crippen LogP contribution in [0.15, 0.2) is 36.4 Å². The second kappa shape index (κ2) is 8.34. The van der Waals surface area contributed by atoms with Gasteiger partial charge in [0, 0.05) is 56.5 Å². The smallest absolute Gasteiger partial charge is 0.254 e. The molecule has 0 spiro atoms. The fourth-order valence-electron chi connectivity index (χ4n) is 4.38. The Labute approximate surface area is 188 Å². The van der Waals surface area contributed by atoms with E-state index in [1.165, 1.54) is 11.0 Å². The van der Waals surface area contributed by atoms with Crippen molar-refractivity contribution in [3.05, 3.63) is 53.6 Å². The predicted molar refractivity (Wildman–Crippen MR) is 112 cm³/mol. The highest BCUT2D eigenvalue weighted by molar-refractivity contribution is 6.00. The summed E-state index contributed by atoms with van der Waals surface area (Å²) in [6.45, 7) is 1.57. The van der Waals surface area contributed by atoms with Gasteiger partial charge in [0.15, 0.2) is 23.1 Å². The quantitative estimate of drug-likeness (QED) is 0.705. The van der Waals surface area contributed by atoms with Crippen LogP contribution in [0.5, 0.6) is 11.5 Å². The number of rotatable bonds is 3. The third kappa shape index (κ3) is 3.96. The highest BCUT2D eigenvalue weighted by Crippen LogP contribution is 2.37. The molecule has 2 aromatic rings. The largest absolute Gasteiger partial charge is 0.454 e. The molecule has 2 aromatic carbocycles. The van der Waals surface area contributed by atoms with E-state index in [2.05, 4.69) is 0 Å². The molecule has 3 aliphatic heterocycles. The maximum Gasteiger partial charge on any atom is 0.254 e. The Balaban J connectivity index is 1.19. The lowest BCUT2D eigenvalue weighted by atomic mass is 10.1. The lowest BCUT2D eigenvalue weighted by Crippen LogP contribution is -2.52. The molecule has 0 saturated carbocycles. The van der Waals surface area contributed by atoms with Crippen LogP contribution in [0.1, 0.15) is 16.8 Å². The van der Waals surface area contributed by atoms with Crippen molar-refractivity contribution in [2.75, 3.05) is 44.4 Å². The molecule has 0 N–H and O–H groups in total. The number of amides is 3. The van der Waals surface area contributed by atoms with E-state index in [4.69, 9.17) is 9.47 Å². The number of hydrogen-bond donors (Lipinski definition) is 0. The standard InChI is InChI=1S/C23H21F2N3O5/c24-17-3-1-14(9-18(17)25)22(30)26-5-7-27(8-6-26)23(31)15-10-21(29)28(12-15)16-2-4-19-20(11-16)33-13-32-19/h1-4,9,11,15H,5-8,10,12-13H2. The molecule has 3 amide bonds. The minimum Gasteiger partial charge on any atom is -0.454 e. The Morgan fingerprint density at radius 3 is 2.36 bits per heavy atom. The number of nitrogens with zero attached hydrogens (tertiary/aromatic N) is 3. The van der Waals surface area contributed by atoms with Crippen molar-refractivity contribution in [1.82, 2.24) is 9.80 Å². The molecule has 172 valence electrons. The van der Waals surface area contributed by atoms with Crippen LogP contribution in [0.4, 0.5) is 14.5 Å². The molecule has 8 nitrogen and oxygen atoms in total. The van der Waals surface area contributed by atoms with Crippen molar-refractivity contribution in [2.24, 2.45) is 5.92 Å². The van der Waals surface area contributed by atoms with Gasteiger partial charge in [-0.3, -0.25) is 14.4 Å². The lowest BCUT2D eigenvalue weighted by Gasteiger charge is -2.36. The Morgan fingerprint density at radius 1 is 0.879 bits per heavy atom. The first-order valence-corrected chi connectivity index (χ1v) is 10.6. The zero-order valence-corrected chi connectivity index (χ0v) is 17.6. The summed E-state index contributed by atoms with van der Waals surface area (Å²) in [4.78, 5) is 43.0. The number of carbonyl (C=O) groups is 3. The molecule has 0 radical (unpaired) electrons. The van der Waals surface area contributed by atoms with Gasteiger partial charge < -0.3 is 24.2 Å². The summed E-state index contributed by atoms with van der Waals surface area (Å²) in [7, 11) is 0. The Hall–Kier alpha value is -3.69. The molecule has 5 rings (SSSR count). The number of ether oxygens (including phenoxy) is 2. The summed E-state index contributed by atoms with van der Waals surface area (Å²) in [5, 5.41) is 0. The Kier molecular flexibility index (Phi) is 5.35. The Morgan fingerprint density at radius 2 is 1.61 bits per heavy atom. The maximum atomic E-state index is 13.5. The highest BCUT2D eigenvalue weighted by Gasteiger charge is 2.38. The average Bonchev–Trinajstić information content (AvgIpc) is 3.46. The third-order valence-corrected chi connectivity index (χ3v) is 6.19. The summed E-state index contributed by atoms with van der Waals surface area (Å²) in [5.41, 5.74) is 0.718. The van der Waals surface area contributed by atoms with E-state index in [0.717, 1.165) is 12.1 Å². The molecule has 0 bridgehead atoms. The fraction of sp³-hybridized carbons (Fsp3) is 0.348. The van der Waals surface area contributed by atoms with Crippen molar-refractivity contribution in [1.29, 1.82) is 0 Å². The summed E-state index contributed by atoms with van der Waals surface area (Å²) in [6, 6.07) is 8.28. The fourth-order valence-corrected chi connectivity index (χ4v) is 4.38. The average molecular weight is 457 g/mol. The summed E-state index contributed by atoms with van der Waals surface area (Å²) >= 11 is 0. The molecule has 3 aliphatic rings. The van der Waals surface area contributed by atoms with Crippen molar-refractivity contribution in [3.63, 3.8) is 0 Å². The van der Waals surface area contributed by atoms with Crippen LogP contribution in [0.3, 0.4) is 0 Å². The van der Waals surface area contributed by atoms with E-state index in [9.17, 15) is 23.2 Å². The second-order valence-corrected chi connectivity index (χ2v) is 8.19. The molecule has 33 heavy (non-hydrogen) atoms. The van der Waals surface area contributed by atoms with Gasteiger partial charge in [0.2, 0.25) is 18.6 Å². The first-order chi connectivity index (χ1) is 15.9. The number of halogens is 2. The maximum absolute atomic E-state index is 13.5. The van der Waals surface area contributed by atoms with Crippen LogP contribution < -0.4 is 14.4 Å². The van der Waals surface area contributed by atoms with Gasteiger partial charge in [-0.15, -0.1) is 0 Å². The highest BCUT2D eigenvalue weighted by atomic mass is 19.2. The number of anilines is 1. The topological polar surface area (TPSA) is 79.4 Å².